The Balaban J connectivity index is 1.45. The highest BCUT2D eigenvalue weighted by Gasteiger charge is 2.21. The maximum atomic E-state index is 12.6. The van der Waals surface area contributed by atoms with E-state index in [1.54, 1.807) is 12.1 Å². The molecule has 0 aliphatic heterocycles. The van der Waals surface area contributed by atoms with Gasteiger partial charge in [-0.25, -0.2) is 17.5 Å². The highest BCUT2D eigenvalue weighted by atomic mass is 32.2. The van der Waals surface area contributed by atoms with Crippen LogP contribution in [-0.4, -0.2) is 57.4 Å². The number of carbonyl (C=O) groups is 2. The van der Waals surface area contributed by atoms with Gasteiger partial charge in [0, 0.05) is 30.7 Å². The van der Waals surface area contributed by atoms with Crippen molar-refractivity contribution in [2.24, 2.45) is 0 Å². The SMILES string of the molecule is COc1ccc(S(=O)(=O)N(C)C)cc1NC(=O)COC(=O)c1ccc2[nH]c3c(c2c1)CCCC3. The van der Waals surface area contributed by atoms with Gasteiger partial charge in [-0.05, 0) is 67.6 Å². The van der Waals surface area contributed by atoms with Gasteiger partial charge in [-0.15, -0.1) is 0 Å². The van der Waals surface area contributed by atoms with E-state index in [1.807, 2.05) is 6.07 Å². The first-order valence-electron chi connectivity index (χ1n) is 10.9. The van der Waals surface area contributed by atoms with Crippen molar-refractivity contribution in [1.82, 2.24) is 9.29 Å². The number of aryl methyl sites for hydroxylation is 2. The second kappa shape index (κ2) is 9.47. The van der Waals surface area contributed by atoms with Gasteiger partial charge in [-0.3, -0.25) is 4.79 Å². The zero-order chi connectivity index (χ0) is 24.5. The van der Waals surface area contributed by atoms with E-state index in [4.69, 9.17) is 9.47 Å². The molecule has 180 valence electrons. The molecule has 0 unspecified atom stereocenters. The van der Waals surface area contributed by atoms with Gasteiger partial charge >= 0.3 is 5.97 Å². The average Bonchev–Trinajstić information content (AvgIpc) is 3.20. The van der Waals surface area contributed by atoms with Crippen molar-refractivity contribution in [1.29, 1.82) is 0 Å². The zero-order valence-electron chi connectivity index (χ0n) is 19.3. The lowest BCUT2D eigenvalue weighted by Gasteiger charge is -2.15. The van der Waals surface area contributed by atoms with Crippen molar-refractivity contribution < 1.29 is 27.5 Å². The minimum atomic E-state index is -3.70. The number of fused-ring (bicyclic) bond motifs is 3. The molecule has 34 heavy (non-hydrogen) atoms. The number of esters is 1. The fraction of sp³-hybridized carbons (Fsp3) is 0.333. The molecule has 0 atom stereocenters. The number of rotatable bonds is 7. The van der Waals surface area contributed by atoms with Gasteiger partial charge in [-0.1, -0.05) is 0 Å². The van der Waals surface area contributed by atoms with Crippen LogP contribution in [0.2, 0.25) is 0 Å². The Morgan fingerprint density at radius 1 is 1.09 bits per heavy atom. The molecule has 0 fully saturated rings. The monoisotopic (exact) mass is 485 g/mol. The molecule has 1 aromatic heterocycles. The molecule has 3 aromatic rings. The smallest absolute Gasteiger partial charge is 0.338 e. The number of sulfonamides is 1. The van der Waals surface area contributed by atoms with Crippen LogP contribution in [0.15, 0.2) is 41.3 Å². The molecule has 0 saturated heterocycles. The first-order chi connectivity index (χ1) is 16.2. The Hall–Kier alpha value is -3.37. The Labute approximate surface area is 198 Å². The van der Waals surface area contributed by atoms with E-state index < -0.39 is 28.5 Å². The molecule has 0 saturated carbocycles. The van der Waals surface area contributed by atoms with Crippen molar-refractivity contribution in [2.45, 2.75) is 30.6 Å². The minimum absolute atomic E-state index is 0.00580. The fourth-order valence-electron chi connectivity index (χ4n) is 4.09. The number of carbonyl (C=O) groups excluding carboxylic acids is 2. The number of nitrogens with zero attached hydrogens (tertiary/aromatic N) is 1. The number of methoxy groups -OCH3 is 1. The molecular formula is C24H27N3O6S. The normalized spacial score (nSPS) is 13.5. The van der Waals surface area contributed by atoms with Crippen LogP contribution in [0.25, 0.3) is 10.9 Å². The number of aromatic nitrogens is 1. The number of hydrogen-bond acceptors (Lipinski definition) is 6. The van der Waals surface area contributed by atoms with E-state index in [-0.39, 0.29) is 16.3 Å². The van der Waals surface area contributed by atoms with Crippen molar-refractivity contribution in [3.63, 3.8) is 0 Å². The van der Waals surface area contributed by atoms with Gasteiger partial charge in [0.25, 0.3) is 5.91 Å². The standard InChI is InChI=1S/C24H27N3O6S/c1-27(2)34(30,31)16-9-11-22(32-3)21(13-16)26-23(28)14-33-24(29)15-8-10-20-18(12-15)17-6-4-5-7-19(17)25-20/h8-13,25H,4-7,14H2,1-3H3,(H,26,28). The van der Waals surface area contributed by atoms with Crippen molar-refractivity contribution >= 4 is 38.5 Å². The first-order valence-corrected chi connectivity index (χ1v) is 12.4. The summed E-state index contributed by atoms with van der Waals surface area (Å²) >= 11 is 0. The number of aromatic amines is 1. The molecular weight excluding hydrogens is 458 g/mol. The van der Waals surface area contributed by atoms with Gasteiger partial charge in [0.05, 0.1) is 23.3 Å². The van der Waals surface area contributed by atoms with Crippen LogP contribution in [0.4, 0.5) is 5.69 Å². The third-order valence-electron chi connectivity index (χ3n) is 5.89. The minimum Gasteiger partial charge on any atom is -0.495 e. The molecule has 0 bridgehead atoms. The van der Waals surface area contributed by atoms with Crippen LogP contribution in [0.1, 0.15) is 34.5 Å². The molecule has 4 rings (SSSR count). The summed E-state index contributed by atoms with van der Waals surface area (Å²) in [7, 11) is 0.530. The molecule has 1 amide bonds. The Kier molecular flexibility index (Phi) is 6.63. The Morgan fingerprint density at radius 3 is 2.59 bits per heavy atom. The van der Waals surface area contributed by atoms with Crippen LogP contribution in [0.5, 0.6) is 5.75 Å². The van der Waals surface area contributed by atoms with Crippen molar-refractivity contribution in [2.75, 3.05) is 33.1 Å². The Bertz CT molecular complexity index is 1360. The molecule has 2 N–H and O–H groups in total. The summed E-state index contributed by atoms with van der Waals surface area (Å²) in [5.74, 6) is -0.954. The van der Waals surface area contributed by atoms with Crippen LogP contribution < -0.4 is 10.1 Å². The summed E-state index contributed by atoms with van der Waals surface area (Å²) in [6.07, 6.45) is 4.25. The quantitative estimate of drug-likeness (QED) is 0.497. The van der Waals surface area contributed by atoms with Gasteiger partial charge in [0.2, 0.25) is 10.0 Å². The number of hydrogen-bond donors (Lipinski definition) is 2. The first kappa shape index (κ1) is 23.8. The fourth-order valence-corrected chi connectivity index (χ4v) is 5.02. The summed E-state index contributed by atoms with van der Waals surface area (Å²) < 4.78 is 36.3. The molecule has 1 aliphatic carbocycles. The van der Waals surface area contributed by atoms with Gasteiger partial charge in [-0.2, -0.15) is 0 Å². The predicted molar refractivity (Wildman–Crippen MR) is 128 cm³/mol. The highest BCUT2D eigenvalue weighted by Crippen LogP contribution is 2.30. The van der Waals surface area contributed by atoms with E-state index in [1.165, 1.54) is 50.7 Å². The van der Waals surface area contributed by atoms with E-state index in [0.717, 1.165) is 40.9 Å². The lowest BCUT2D eigenvalue weighted by atomic mass is 9.95. The highest BCUT2D eigenvalue weighted by molar-refractivity contribution is 7.89. The number of H-pyrrole nitrogens is 1. The lowest BCUT2D eigenvalue weighted by molar-refractivity contribution is -0.119. The van der Waals surface area contributed by atoms with E-state index >= 15 is 0 Å². The van der Waals surface area contributed by atoms with Crippen LogP contribution in [-0.2, 0) is 32.4 Å². The Morgan fingerprint density at radius 2 is 1.85 bits per heavy atom. The topological polar surface area (TPSA) is 118 Å². The summed E-state index contributed by atoms with van der Waals surface area (Å²) in [5, 5.41) is 3.57. The van der Waals surface area contributed by atoms with E-state index in [9.17, 15) is 18.0 Å². The van der Waals surface area contributed by atoms with Crippen molar-refractivity contribution in [3.05, 3.63) is 53.2 Å². The second-order valence-corrected chi connectivity index (χ2v) is 10.5. The van der Waals surface area contributed by atoms with Crippen LogP contribution in [0.3, 0.4) is 0 Å². The van der Waals surface area contributed by atoms with Gasteiger partial charge < -0.3 is 19.8 Å². The lowest BCUT2D eigenvalue weighted by Crippen LogP contribution is -2.23. The molecule has 10 heteroatoms. The molecule has 2 aromatic carbocycles. The maximum Gasteiger partial charge on any atom is 0.338 e. The third-order valence-corrected chi connectivity index (χ3v) is 7.70. The van der Waals surface area contributed by atoms with Crippen LogP contribution in [0, 0.1) is 0 Å². The largest absolute Gasteiger partial charge is 0.495 e. The summed E-state index contributed by atoms with van der Waals surface area (Å²) in [4.78, 5) is 28.5. The maximum absolute atomic E-state index is 12.6. The second-order valence-electron chi connectivity index (χ2n) is 8.32. The third kappa shape index (κ3) is 4.64. The summed E-state index contributed by atoms with van der Waals surface area (Å²) in [6, 6.07) is 9.46. The number of anilines is 1. The molecule has 0 radical (unpaired) electrons. The number of ether oxygens (including phenoxy) is 2. The van der Waals surface area contributed by atoms with E-state index in [0.29, 0.717) is 5.56 Å². The number of amides is 1. The number of nitrogens with one attached hydrogen (secondary N) is 2. The average molecular weight is 486 g/mol. The van der Waals surface area contributed by atoms with Crippen molar-refractivity contribution in [3.8, 4) is 5.75 Å². The molecule has 1 aliphatic rings. The van der Waals surface area contributed by atoms with E-state index in [2.05, 4.69) is 10.3 Å². The molecule has 1 heterocycles. The predicted octanol–water partition coefficient (Wildman–Crippen LogP) is 3.10. The zero-order valence-corrected chi connectivity index (χ0v) is 20.1. The summed E-state index contributed by atoms with van der Waals surface area (Å²) in [6.45, 7) is -0.532. The van der Waals surface area contributed by atoms with Gasteiger partial charge in [0.1, 0.15) is 5.75 Å². The van der Waals surface area contributed by atoms with Gasteiger partial charge in [0.15, 0.2) is 6.61 Å². The molecule has 9 nitrogen and oxygen atoms in total. The number of benzene rings is 2. The summed E-state index contributed by atoms with van der Waals surface area (Å²) in [5.41, 5.74) is 3.98. The molecule has 0 spiro atoms. The van der Waals surface area contributed by atoms with Crippen LogP contribution >= 0.6 is 0 Å².